The number of halogens is 1. The monoisotopic (exact) mass is 403 g/mol. The van der Waals surface area contributed by atoms with Crippen molar-refractivity contribution in [2.45, 2.75) is 30.6 Å². The van der Waals surface area contributed by atoms with E-state index in [9.17, 15) is 14.4 Å². The molecule has 10 heteroatoms. The number of aromatic nitrogens is 2. The van der Waals surface area contributed by atoms with Crippen LogP contribution in [0.15, 0.2) is 29.3 Å². The summed E-state index contributed by atoms with van der Waals surface area (Å²) in [5, 5.41) is 15.6. The van der Waals surface area contributed by atoms with Crippen LogP contribution < -0.4 is 22.1 Å². The minimum atomic E-state index is -0.714. The van der Waals surface area contributed by atoms with E-state index >= 15 is 0 Å². The molecule has 6 N–H and O–H groups in total. The molecule has 0 aliphatic rings. The number of benzene rings is 1. The van der Waals surface area contributed by atoms with Gasteiger partial charge in [-0.25, -0.2) is 9.37 Å². The van der Waals surface area contributed by atoms with E-state index in [0.717, 1.165) is 0 Å². The smallest absolute Gasteiger partial charge is 0.246 e. The second-order valence-electron chi connectivity index (χ2n) is 5.88. The molecule has 2 aromatic rings. The number of nitriles is 1. The Balaban J connectivity index is 2.27. The molecule has 0 radical (unpaired) electrons. The summed E-state index contributed by atoms with van der Waals surface area (Å²) in [4.78, 5) is 20.9. The van der Waals surface area contributed by atoms with Gasteiger partial charge in [0.1, 0.15) is 29.4 Å². The summed E-state index contributed by atoms with van der Waals surface area (Å²) in [6, 6.07) is 7.86. The number of nitrogens with one attached hydrogen (secondary N) is 2. The molecule has 0 bridgehead atoms. The number of rotatable bonds is 9. The molecule has 1 heterocycles. The third kappa shape index (κ3) is 5.55. The van der Waals surface area contributed by atoms with Crippen LogP contribution in [0.3, 0.4) is 0 Å². The van der Waals surface area contributed by atoms with Crippen LogP contribution in [0, 0.1) is 11.3 Å². The first-order valence-corrected chi connectivity index (χ1v) is 9.78. The number of nitrogens with two attached hydrogens (primary N) is 2. The van der Waals surface area contributed by atoms with E-state index in [1.165, 1.54) is 11.8 Å². The van der Waals surface area contributed by atoms with Gasteiger partial charge < -0.3 is 22.1 Å². The van der Waals surface area contributed by atoms with Gasteiger partial charge in [-0.15, -0.1) is 11.8 Å². The zero-order chi connectivity index (χ0) is 20.5. The van der Waals surface area contributed by atoms with Crippen molar-refractivity contribution in [2.75, 3.05) is 29.2 Å². The molecule has 28 heavy (non-hydrogen) atoms. The fourth-order valence-electron chi connectivity index (χ4n) is 2.53. The number of anilines is 3. The summed E-state index contributed by atoms with van der Waals surface area (Å²) >= 11 is 1.26. The Kier molecular flexibility index (Phi) is 7.98. The molecule has 1 amide bonds. The summed E-state index contributed by atoms with van der Waals surface area (Å²) < 4.78 is 12.9. The third-order valence-electron chi connectivity index (χ3n) is 3.87. The molecule has 0 aliphatic heterocycles. The van der Waals surface area contributed by atoms with Gasteiger partial charge in [0.25, 0.3) is 0 Å². The van der Waals surface area contributed by atoms with Gasteiger partial charge in [-0.2, -0.15) is 10.2 Å². The van der Waals surface area contributed by atoms with E-state index in [1.54, 1.807) is 30.5 Å². The van der Waals surface area contributed by atoms with E-state index in [2.05, 4.69) is 20.6 Å². The van der Waals surface area contributed by atoms with Crippen LogP contribution in [0.5, 0.6) is 0 Å². The van der Waals surface area contributed by atoms with Gasteiger partial charge in [0.2, 0.25) is 11.9 Å². The van der Waals surface area contributed by atoms with Gasteiger partial charge in [0, 0.05) is 5.69 Å². The zero-order valence-corrected chi connectivity index (χ0v) is 16.2. The van der Waals surface area contributed by atoms with Gasteiger partial charge in [-0.1, -0.05) is 12.1 Å². The van der Waals surface area contributed by atoms with Crippen molar-refractivity contribution < 1.29 is 9.18 Å². The average Bonchev–Trinajstić information content (AvgIpc) is 2.70. The molecule has 0 saturated heterocycles. The average molecular weight is 403 g/mol. The third-order valence-corrected chi connectivity index (χ3v) is 4.55. The zero-order valence-electron chi connectivity index (χ0n) is 15.4. The first-order valence-electron chi connectivity index (χ1n) is 8.56. The van der Waals surface area contributed by atoms with Gasteiger partial charge >= 0.3 is 0 Å². The largest absolute Gasteiger partial charge is 0.368 e. The van der Waals surface area contributed by atoms with Crippen LogP contribution in [0.1, 0.15) is 24.0 Å². The van der Waals surface area contributed by atoms with Crippen molar-refractivity contribution in [1.29, 1.82) is 5.26 Å². The summed E-state index contributed by atoms with van der Waals surface area (Å²) in [5.74, 6) is -0.162. The lowest BCUT2D eigenvalue weighted by Gasteiger charge is -2.20. The number of alkyl halides is 1. The summed E-state index contributed by atoms with van der Waals surface area (Å²) in [7, 11) is 0. The fraction of sp³-hybridized carbons (Fsp3) is 0.333. The standard InChI is InChI=1S/C18H22FN7OS/c1-28-17-13(10-21)15(25-18(22)26-17)24-14(6-3-7-20)16(27)23-12-5-2-4-11(8-12)9-19/h2,4-5,8,14H,3,6-7,9,20H2,1H3,(H,23,27)(H3,22,24,25,26)/t14-/m0/s1. The summed E-state index contributed by atoms with van der Waals surface area (Å²) in [6.45, 7) is -0.225. The van der Waals surface area contributed by atoms with Crippen LogP contribution >= 0.6 is 11.8 Å². The summed E-state index contributed by atoms with van der Waals surface area (Å²) in [5.41, 5.74) is 12.5. The lowest BCUT2D eigenvalue weighted by molar-refractivity contribution is -0.117. The maximum Gasteiger partial charge on any atom is 0.246 e. The molecule has 1 aromatic carbocycles. The van der Waals surface area contributed by atoms with Crippen molar-refractivity contribution in [3.05, 3.63) is 35.4 Å². The first-order chi connectivity index (χ1) is 13.5. The molecule has 2 rings (SSSR count). The number of hydrogen-bond donors (Lipinski definition) is 4. The molecule has 0 unspecified atom stereocenters. The number of nitrogen functional groups attached to an aromatic ring is 1. The second kappa shape index (κ2) is 10.4. The molecule has 1 aromatic heterocycles. The van der Waals surface area contributed by atoms with Crippen molar-refractivity contribution in [3.63, 3.8) is 0 Å². The number of thioether (sulfide) groups is 1. The van der Waals surface area contributed by atoms with Gasteiger partial charge in [0.05, 0.1) is 0 Å². The lowest BCUT2D eigenvalue weighted by atomic mass is 10.1. The lowest BCUT2D eigenvalue weighted by Crippen LogP contribution is -2.36. The number of carbonyl (C=O) groups is 1. The molecule has 8 nitrogen and oxygen atoms in total. The Labute approximate surface area is 166 Å². The molecule has 0 fully saturated rings. The molecule has 0 spiro atoms. The molecule has 0 aliphatic carbocycles. The first kappa shape index (κ1) is 21.4. The number of carbonyl (C=O) groups excluding carboxylic acids is 1. The second-order valence-corrected chi connectivity index (χ2v) is 6.67. The molecule has 1 atom stereocenters. The maximum atomic E-state index is 12.9. The van der Waals surface area contributed by atoms with Crippen molar-refractivity contribution >= 4 is 35.1 Å². The van der Waals surface area contributed by atoms with Crippen LogP contribution in [-0.2, 0) is 11.5 Å². The quantitative estimate of drug-likeness (QED) is 0.369. The fourth-order valence-corrected chi connectivity index (χ4v) is 3.06. The highest BCUT2D eigenvalue weighted by molar-refractivity contribution is 7.98. The van der Waals surface area contributed by atoms with Gasteiger partial charge in [0.15, 0.2) is 5.82 Å². The Hall–Kier alpha value is -2.90. The topological polar surface area (TPSA) is 143 Å². The minimum absolute atomic E-state index is 0.000481. The highest BCUT2D eigenvalue weighted by Crippen LogP contribution is 2.25. The van der Waals surface area contributed by atoms with Crippen molar-refractivity contribution in [1.82, 2.24) is 9.97 Å². The van der Waals surface area contributed by atoms with Crippen LogP contribution in [-0.4, -0.2) is 34.7 Å². The van der Waals surface area contributed by atoms with Crippen molar-refractivity contribution in [3.8, 4) is 6.07 Å². The Bertz CT molecular complexity index is 871. The van der Waals surface area contributed by atoms with E-state index in [-0.39, 0.29) is 23.2 Å². The van der Waals surface area contributed by atoms with Crippen LogP contribution in [0.4, 0.5) is 21.8 Å². The maximum absolute atomic E-state index is 12.9. The normalized spacial score (nSPS) is 11.5. The molecular formula is C18H22FN7OS. The molecule has 0 saturated carbocycles. The predicted octanol–water partition coefficient (Wildman–Crippen LogP) is 2.28. The number of nitrogens with zero attached hydrogens (tertiary/aromatic N) is 3. The highest BCUT2D eigenvalue weighted by atomic mass is 32.2. The van der Waals surface area contributed by atoms with Crippen LogP contribution in [0.25, 0.3) is 0 Å². The SMILES string of the molecule is CSc1nc(N)nc(N[C@@H](CCCN)C(=O)Nc2cccc(CF)c2)c1C#N. The minimum Gasteiger partial charge on any atom is -0.368 e. The Morgan fingerprint density at radius 1 is 1.43 bits per heavy atom. The van der Waals surface area contributed by atoms with Gasteiger partial charge in [-0.05, 0) is 43.3 Å². The number of hydrogen-bond acceptors (Lipinski definition) is 8. The van der Waals surface area contributed by atoms with E-state index in [4.69, 9.17) is 11.5 Å². The summed E-state index contributed by atoms with van der Waals surface area (Å²) in [6.07, 6.45) is 2.75. The Morgan fingerprint density at radius 2 is 2.21 bits per heavy atom. The molecular weight excluding hydrogens is 381 g/mol. The van der Waals surface area contributed by atoms with Crippen molar-refractivity contribution in [2.24, 2.45) is 5.73 Å². The van der Waals surface area contributed by atoms with E-state index < -0.39 is 12.7 Å². The number of amides is 1. The van der Waals surface area contributed by atoms with Crippen LogP contribution in [0.2, 0.25) is 0 Å². The molecule has 148 valence electrons. The Morgan fingerprint density at radius 3 is 2.86 bits per heavy atom. The predicted molar refractivity (Wildman–Crippen MR) is 109 cm³/mol. The van der Waals surface area contributed by atoms with E-state index in [1.807, 2.05) is 6.07 Å². The van der Waals surface area contributed by atoms with E-state index in [0.29, 0.717) is 35.7 Å². The highest BCUT2D eigenvalue weighted by Gasteiger charge is 2.22. The van der Waals surface area contributed by atoms with Gasteiger partial charge in [-0.3, -0.25) is 4.79 Å².